The van der Waals surface area contributed by atoms with Crippen molar-refractivity contribution in [1.29, 1.82) is 0 Å². The second-order valence-electron chi connectivity index (χ2n) is 22.0. The molecule has 0 aromatic rings. The summed E-state index contributed by atoms with van der Waals surface area (Å²) in [5, 5.41) is 0. The van der Waals surface area contributed by atoms with Gasteiger partial charge in [0.15, 0.2) is 6.10 Å². The van der Waals surface area contributed by atoms with Crippen LogP contribution in [0.25, 0.3) is 0 Å². The van der Waals surface area contributed by atoms with Crippen LogP contribution in [0.2, 0.25) is 0 Å². The van der Waals surface area contributed by atoms with Crippen molar-refractivity contribution in [2.45, 2.75) is 354 Å². The van der Waals surface area contributed by atoms with Gasteiger partial charge in [-0.15, -0.1) is 0 Å². The number of esters is 3. The van der Waals surface area contributed by atoms with Crippen molar-refractivity contribution in [2.75, 3.05) is 13.2 Å². The van der Waals surface area contributed by atoms with Crippen LogP contribution in [0, 0.1) is 0 Å². The minimum atomic E-state index is -0.767. The molecule has 74 heavy (non-hydrogen) atoms. The summed E-state index contributed by atoms with van der Waals surface area (Å²) in [5.41, 5.74) is 0. The van der Waals surface area contributed by atoms with Crippen molar-refractivity contribution in [3.63, 3.8) is 0 Å². The average Bonchev–Trinajstić information content (AvgIpc) is 3.40. The fourth-order valence-corrected chi connectivity index (χ4v) is 9.73. The number of hydrogen-bond acceptors (Lipinski definition) is 6. The van der Waals surface area contributed by atoms with Crippen LogP contribution in [0.15, 0.2) is 48.6 Å². The second kappa shape index (κ2) is 62.9. The Morgan fingerprint density at radius 3 is 0.824 bits per heavy atom. The quantitative estimate of drug-likeness (QED) is 0.0261. The number of rotatable bonds is 60. The Kier molecular flexibility index (Phi) is 60.7. The van der Waals surface area contributed by atoms with E-state index >= 15 is 0 Å². The Labute approximate surface area is 460 Å². The van der Waals surface area contributed by atoms with E-state index in [0.29, 0.717) is 19.3 Å². The van der Waals surface area contributed by atoms with Crippen LogP contribution in [0.5, 0.6) is 0 Å². The Morgan fingerprint density at radius 2 is 0.527 bits per heavy atom. The van der Waals surface area contributed by atoms with Gasteiger partial charge in [-0.2, -0.15) is 0 Å². The zero-order valence-electron chi connectivity index (χ0n) is 49.6. The van der Waals surface area contributed by atoms with Crippen molar-refractivity contribution in [3.8, 4) is 0 Å². The van der Waals surface area contributed by atoms with Gasteiger partial charge in [0, 0.05) is 19.3 Å². The van der Waals surface area contributed by atoms with Crippen LogP contribution in [-0.4, -0.2) is 37.2 Å². The first kappa shape index (κ1) is 71.4. The molecule has 0 aliphatic carbocycles. The molecule has 0 bridgehead atoms. The Morgan fingerprint density at radius 1 is 0.284 bits per heavy atom. The maximum atomic E-state index is 12.9. The highest BCUT2D eigenvalue weighted by Crippen LogP contribution is 2.18. The highest BCUT2D eigenvalue weighted by Gasteiger charge is 2.19. The van der Waals surface area contributed by atoms with E-state index in [1.165, 1.54) is 225 Å². The van der Waals surface area contributed by atoms with E-state index in [2.05, 4.69) is 69.4 Å². The van der Waals surface area contributed by atoms with Crippen LogP contribution < -0.4 is 0 Å². The van der Waals surface area contributed by atoms with Gasteiger partial charge in [-0.05, 0) is 57.8 Å². The van der Waals surface area contributed by atoms with Gasteiger partial charge in [0.1, 0.15) is 13.2 Å². The normalized spacial score (nSPS) is 12.3. The molecule has 0 fully saturated rings. The largest absolute Gasteiger partial charge is 0.462 e. The van der Waals surface area contributed by atoms with Crippen LogP contribution >= 0.6 is 0 Å². The molecule has 0 aromatic carbocycles. The van der Waals surface area contributed by atoms with Crippen molar-refractivity contribution < 1.29 is 28.6 Å². The minimum Gasteiger partial charge on any atom is -0.462 e. The summed E-state index contributed by atoms with van der Waals surface area (Å²) in [6, 6.07) is 0. The Balaban J connectivity index is 4.02. The Bertz CT molecular complexity index is 1280. The highest BCUT2D eigenvalue weighted by molar-refractivity contribution is 5.71. The fourth-order valence-electron chi connectivity index (χ4n) is 9.73. The van der Waals surface area contributed by atoms with Crippen molar-refractivity contribution in [2.24, 2.45) is 0 Å². The predicted molar refractivity (Wildman–Crippen MR) is 321 cm³/mol. The number of hydrogen-bond donors (Lipinski definition) is 0. The van der Waals surface area contributed by atoms with E-state index in [1.807, 2.05) is 0 Å². The molecule has 0 N–H and O–H groups in total. The Hall–Kier alpha value is -2.63. The molecule has 0 rings (SSSR count). The molecular weight excluding hydrogens is 913 g/mol. The molecule has 432 valence electrons. The number of allylic oxidation sites excluding steroid dienone is 8. The highest BCUT2D eigenvalue weighted by atomic mass is 16.6. The maximum Gasteiger partial charge on any atom is 0.306 e. The zero-order valence-corrected chi connectivity index (χ0v) is 49.6. The van der Waals surface area contributed by atoms with Crippen molar-refractivity contribution >= 4 is 17.9 Å². The average molecular weight is 1040 g/mol. The first-order valence-electron chi connectivity index (χ1n) is 32.6. The number of unbranched alkanes of at least 4 members (excludes halogenated alkanes) is 41. The van der Waals surface area contributed by atoms with Gasteiger partial charge in [0.2, 0.25) is 0 Å². The van der Waals surface area contributed by atoms with E-state index < -0.39 is 6.10 Å². The molecule has 0 aliphatic heterocycles. The molecule has 6 nitrogen and oxygen atoms in total. The topological polar surface area (TPSA) is 78.9 Å². The number of ether oxygens (including phenoxy) is 3. The summed E-state index contributed by atoms with van der Waals surface area (Å²) >= 11 is 0. The van der Waals surface area contributed by atoms with Gasteiger partial charge >= 0.3 is 17.9 Å². The molecule has 0 amide bonds. The fraction of sp³-hybridized carbons (Fsp3) is 0.838. The summed E-state index contributed by atoms with van der Waals surface area (Å²) in [5.74, 6) is -0.857. The zero-order chi connectivity index (χ0) is 53.6. The van der Waals surface area contributed by atoms with E-state index in [0.717, 1.165) is 83.5 Å². The van der Waals surface area contributed by atoms with Crippen LogP contribution in [0.4, 0.5) is 0 Å². The van der Waals surface area contributed by atoms with E-state index in [9.17, 15) is 14.4 Å². The summed E-state index contributed by atoms with van der Waals surface area (Å²) in [6.07, 6.45) is 78.8. The van der Waals surface area contributed by atoms with Crippen molar-refractivity contribution in [3.05, 3.63) is 48.6 Å². The molecule has 0 saturated carbocycles. The van der Waals surface area contributed by atoms with E-state index in [1.54, 1.807) is 0 Å². The third kappa shape index (κ3) is 60.2. The standard InChI is InChI=1S/C68H124O6/c1-4-7-10-13-16-18-20-22-24-26-28-30-32-33-34-35-37-38-40-42-44-46-48-50-52-55-58-61-67(70)73-64-65(63-72-66(69)60-57-54-15-12-9-6-3)74-68(71)62-59-56-53-51-49-47-45-43-41-39-36-31-29-27-25-23-21-19-17-14-11-8-5-2/h7,10,16,18,22,24,28,30,65H,4-6,8-9,11-15,17,19-21,23,25-27,29,31-64H2,1-3H3/b10-7-,18-16-,24-22-,30-28-. The van der Waals surface area contributed by atoms with E-state index in [4.69, 9.17) is 14.2 Å². The van der Waals surface area contributed by atoms with E-state index in [-0.39, 0.29) is 31.1 Å². The summed E-state index contributed by atoms with van der Waals surface area (Å²) < 4.78 is 16.8. The van der Waals surface area contributed by atoms with Gasteiger partial charge in [-0.3, -0.25) is 14.4 Å². The molecule has 0 spiro atoms. The lowest BCUT2D eigenvalue weighted by Crippen LogP contribution is -2.30. The summed E-state index contributed by atoms with van der Waals surface area (Å²) in [7, 11) is 0. The first-order valence-corrected chi connectivity index (χ1v) is 32.6. The molecule has 0 radical (unpaired) electrons. The number of carbonyl (C=O) groups excluding carboxylic acids is 3. The summed E-state index contributed by atoms with van der Waals surface area (Å²) in [6.45, 7) is 6.53. The second-order valence-corrected chi connectivity index (χ2v) is 22.0. The molecule has 0 aliphatic rings. The number of carbonyl (C=O) groups is 3. The SMILES string of the molecule is CC/C=C\C/C=C\C/C=C\C/C=C\CCCCCCCCCCCCCCCCC(=O)OCC(COC(=O)CCCCCCCC)OC(=O)CCCCCCCCCCCCCCCCCCCCCCCCC. The lowest BCUT2D eigenvalue weighted by atomic mass is 10.0. The third-order valence-electron chi connectivity index (χ3n) is 14.6. The molecule has 0 heterocycles. The van der Waals surface area contributed by atoms with Gasteiger partial charge in [-0.25, -0.2) is 0 Å². The van der Waals surface area contributed by atoms with Crippen molar-refractivity contribution in [1.82, 2.24) is 0 Å². The summed E-state index contributed by atoms with van der Waals surface area (Å²) in [4.78, 5) is 38.0. The molecule has 0 saturated heterocycles. The third-order valence-corrected chi connectivity index (χ3v) is 14.6. The lowest BCUT2D eigenvalue weighted by Gasteiger charge is -2.18. The maximum absolute atomic E-state index is 12.9. The smallest absolute Gasteiger partial charge is 0.306 e. The molecule has 1 unspecified atom stereocenters. The minimum absolute atomic E-state index is 0.0685. The monoisotopic (exact) mass is 1040 g/mol. The van der Waals surface area contributed by atoms with Crippen LogP contribution in [-0.2, 0) is 28.6 Å². The van der Waals surface area contributed by atoms with Gasteiger partial charge < -0.3 is 14.2 Å². The van der Waals surface area contributed by atoms with Crippen LogP contribution in [0.3, 0.4) is 0 Å². The molecular formula is C68H124O6. The predicted octanol–water partition coefficient (Wildman–Crippen LogP) is 22.2. The van der Waals surface area contributed by atoms with Gasteiger partial charge in [0.25, 0.3) is 0 Å². The first-order chi connectivity index (χ1) is 36.5. The molecule has 0 aromatic heterocycles. The lowest BCUT2D eigenvalue weighted by molar-refractivity contribution is -0.167. The molecule has 6 heteroatoms. The van der Waals surface area contributed by atoms with Crippen LogP contribution in [0.1, 0.15) is 348 Å². The van der Waals surface area contributed by atoms with Gasteiger partial charge in [-0.1, -0.05) is 320 Å². The van der Waals surface area contributed by atoms with Gasteiger partial charge in [0.05, 0.1) is 0 Å². The molecule has 1 atom stereocenters.